The van der Waals surface area contributed by atoms with Gasteiger partial charge in [0.1, 0.15) is 0 Å². The van der Waals surface area contributed by atoms with Crippen LogP contribution in [0.25, 0.3) is 11.6 Å². The topological polar surface area (TPSA) is 73.6 Å². The molecule has 0 aliphatic rings. The average molecular weight is 382 g/mol. The van der Waals surface area contributed by atoms with Crippen LogP contribution in [0, 0.1) is 11.8 Å². The van der Waals surface area contributed by atoms with Crippen LogP contribution in [0.4, 0.5) is 0 Å². The van der Waals surface area contributed by atoms with Gasteiger partial charge in [-0.05, 0) is 35.2 Å². The van der Waals surface area contributed by atoms with Crippen LogP contribution in [0.3, 0.4) is 0 Å². The SMILES string of the molecule is CC(C)(C)c1ccc(C#Cc2cccc(C[NH-])c2)cc1.[NH-]N.[Y]. The molecule has 1 radical (unpaired) electrons. The van der Waals surface area contributed by atoms with E-state index in [0.717, 1.165) is 16.7 Å². The van der Waals surface area contributed by atoms with Crippen molar-refractivity contribution in [2.75, 3.05) is 0 Å². The molecule has 0 bridgehead atoms. The molecule has 0 saturated carbocycles. The molecule has 3 nitrogen and oxygen atoms in total. The first kappa shape index (κ1) is 22.0. The van der Waals surface area contributed by atoms with E-state index in [2.05, 4.69) is 62.7 Å². The third-order valence-corrected chi connectivity index (χ3v) is 3.23. The molecular weight excluding hydrogens is 359 g/mol. The molecule has 23 heavy (non-hydrogen) atoms. The summed E-state index contributed by atoms with van der Waals surface area (Å²) in [7, 11) is 0. The molecule has 0 atom stereocenters. The van der Waals surface area contributed by atoms with E-state index in [0.29, 0.717) is 6.54 Å². The van der Waals surface area contributed by atoms with E-state index in [1.165, 1.54) is 5.56 Å². The van der Waals surface area contributed by atoms with Gasteiger partial charge >= 0.3 is 0 Å². The maximum Gasteiger partial charge on any atom is 0.0251 e. The van der Waals surface area contributed by atoms with Crippen molar-refractivity contribution in [1.82, 2.24) is 0 Å². The normalized spacial score (nSPS) is 9.65. The largest absolute Gasteiger partial charge is 0.674 e. The van der Waals surface area contributed by atoms with Gasteiger partial charge in [-0.2, -0.15) is 0 Å². The first-order valence-corrected chi connectivity index (χ1v) is 7.14. The predicted molar refractivity (Wildman–Crippen MR) is 94.1 cm³/mol. The first-order chi connectivity index (χ1) is 10.5. The Bertz CT molecular complexity index is 647. The molecule has 2 rings (SSSR count). The molecular formula is C19H23N3Y-2. The molecule has 0 fully saturated rings. The Morgan fingerprint density at radius 1 is 0.913 bits per heavy atom. The molecule has 0 aliphatic carbocycles. The van der Waals surface area contributed by atoms with E-state index in [1.54, 1.807) is 0 Å². The quantitative estimate of drug-likeness (QED) is 0.428. The molecule has 0 spiro atoms. The molecule has 4 heteroatoms. The predicted octanol–water partition coefficient (Wildman–Crippen LogP) is 4.85. The van der Waals surface area contributed by atoms with E-state index in [4.69, 9.17) is 11.6 Å². The maximum absolute atomic E-state index is 7.37. The molecule has 0 aliphatic heterocycles. The van der Waals surface area contributed by atoms with Crippen LogP contribution in [0.2, 0.25) is 0 Å². The first-order valence-electron chi connectivity index (χ1n) is 7.14. The van der Waals surface area contributed by atoms with E-state index >= 15 is 0 Å². The van der Waals surface area contributed by atoms with Crippen LogP contribution in [-0.2, 0) is 44.7 Å². The molecule has 119 valence electrons. The Morgan fingerprint density at radius 3 is 2.00 bits per heavy atom. The smallest absolute Gasteiger partial charge is 0.0251 e. The summed E-state index contributed by atoms with van der Waals surface area (Å²) in [5.74, 6) is 15.3. The van der Waals surface area contributed by atoms with Crippen molar-refractivity contribution >= 4 is 0 Å². The van der Waals surface area contributed by atoms with Gasteiger partial charge < -0.3 is 17.4 Å². The van der Waals surface area contributed by atoms with Crippen molar-refractivity contribution in [1.29, 1.82) is 0 Å². The number of hydrogen-bond donors (Lipinski definition) is 1. The van der Waals surface area contributed by atoms with Crippen LogP contribution in [0.5, 0.6) is 0 Å². The number of benzene rings is 2. The van der Waals surface area contributed by atoms with Gasteiger partial charge in [0, 0.05) is 43.8 Å². The van der Waals surface area contributed by atoms with Crippen molar-refractivity contribution in [2.24, 2.45) is 5.84 Å². The maximum atomic E-state index is 7.37. The molecule has 4 N–H and O–H groups in total. The van der Waals surface area contributed by atoms with Crippen molar-refractivity contribution in [3.05, 3.63) is 82.4 Å². The van der Waals surface area contributed by atoms with Gasteiger partial charge in [-0.15, -0.1) is 6.54 Å². The Hall–Kier alpha value is -1.02. The molecule has 0 saturated heterocycles. The zero-order valence-corrected chi connectivity index (χ0v) is 16.8. The number of rotatable bonds is 1. The van der Waals surface area contributed by atoms with Gasteiger partial charge in [-0.3, -0.25) is 0 Å². The van der Waals surface area contributed by atoms with Gasteiger partial charge in [0.05, 0.1) is 0 Å². The summed E-state index contributed by atoms with van der Waals surface area (Å²) in [6.45, 7) is 6.93. The fraction of sp³-hybridized carbons (Fsp3) is 0.263. The van der Waals surface area contributed by atoms with Crippen molar-refractivity contribution in [2.45, 2.75) is 32.7 Å². The number of nitrogens with two attached hydrogens (primary N) is 1. The van der Waals surface area contributed by atoms with Gasteiger partial charge in [0.2, 0.25) is 0 Å². The van der Waals surface area contributed by atoms with Crippen LogP contribution < -0.4 is 5.84 Å². The zero-order chi connectivity index (χ0) is 16.6. The van der Waals surface area contributed by atoms with Crippen molar-refractivity contribution in [3.8, 4) is 11.8 Å². The van der Waals surface area contributed by atoms with Gasteiger partial charge in [-0.1, -0.05) is 62.4 Å². The van der Waals surface area contributed by atoms with Gasteiger partial charge in [0.25, 0.3) is 0 Å². The standard InChI is InChI=1S/C19H20N.H3N2.Y/c1-19(2,3)18-11-9-15(10-12-18)7-8-16-5-4-6-17(13-16)14-20;1-2;/h4-6,9-13,20H,14H2,1-3H3;1H,2H2;/q2*-1;. The van der Waals surface area contributed by atoms with Crippen LogP contribution in [-0.4, -0.2) is 0 Å². The average Bonchev–Trinajstić information content (AvgIpc) is 2.54. The molecule has 2 aromatic carbocycles. The second-order valence-electron chi connectivity index (χ2n) is 5.95. The second kappa shape index (κ2) is 10.7. The monoisotopic (exact) mass is 382 g/mol. The summed E-state index contributed by atoms with van der Waals surface area (Å²) in [5, 5.41) is 0. The fourth-order valence-corrected chi connectivity index (χ4v) is 1.96. The van der Waals surface area contributed by atoms with Crippen LogP contribution in [0.15, 0.2) is 48.5 Å². The second-order valence-corrected chi connectivity index (χ2v) is 5.95. The van der Waals surface area contributed by atoms with E-state index in [9.17, 15) is 0 Å². The summed E-state index contributed by atoms with van der Waals surface area (Å²) < 4.78 is 0. The third-order valence-electron chi connectivity index (χ3n) is 3.23. The minimum atomic E-state index is 0. The number of hydrogen-bond acceptors (Lipinski definition) is 1. The molecule has 0 amide bonds. The van der Waals surface area contributed by atoms with Crippen molar-refractivity contribution in [3.63, 3.8) is 0 Å². The minimum Gasteiger partial charge on any atom is -0.674 e. The third kappa shape index (κ3) is 7.39. The molecule has 0 aromatic heterocycles. The van der Waals surface area contributed by atoms with Crippen LogP contribution in [0.1, 0.15) is 43.0 Å². The number of nitrogens with one attached hydrogen (secondary N) is 2. The summed E-state index contributed by atoms with van der Waals surface area (Å²) in [5.41, 5.74) is 11.9. The van der Waals surface area contributed by atoms with Crippen LogP contribution >= 0.6 is 0 Å². The van der Waals surface area contributed by atoms with Crippen molar-refractivity contribution < 1.29 is 32.7 Å². The zero-order valence-electron chi connectivity index (χ0n) is 14.0. The minimum absolute atomic E-state index is 0. The molecule has 0 unspecified atom stereocenters. The Balaban J connectivity index is 0.00000155. The van der Waals surface area contributed by atoms with E-state index < -0.39 is 0 Å². The Morgan fingerprint density at radius 2 is 1.48 bits per heavy atom. The fourth-order valence-electron chi connectivity index (χ4n) is 1.96. The van der Waals surface area contributed by atoms with E-state index in [-0.39, 0.29) is 38.1 Å². The molecule has 2 aromatic rings. The van der Waals surface area contributed by atoms with Gasteiger partial charge in [0.15, 0.2) is 0 Å². The summed E-state index contributed by atoms with van der Waals surface area (Å²) in [6, 6.07) is 16.3. The summed E-state index contributed by atoms with van der Waals surface area (Å²) in [4.78, 5) is 0. The Labute approximate surface area is 164 Å². The van der Waals surface area contributed by atoms with E-state index in [1.807, 2.05) is 24.3 Å². The summed E-state index contributed by atoms with van der Waals surface area (Å²) >= 11 is 0. The molecule has 0 heterocycles. The summed E-state index contributed by atoms with van der Waals surface area (Å²) in [6.07, 6.45) is 0. The Kier molecular flexibility index (Phi) is 10.2. The van der Waals surface area contributed by atoms with Gasteiger partial charge in [-0.25, -0.2) is 0 Å².